The van der Waals surface area contributed by atoms with E-state index in [1.54, 1.807) is 18.2 Å². The Morgan fingerprint density at radius 1 is 0.821 bits per heavy atom. The Morgan fingerprint density at radius 2 is 1.50 bits per heavy atom. The van der Waals surface area contributed by atoms with Crippen LogP contribution in [0.1, 0.15) is 20.7 Å². The number of hydroxylamine groups is 2. The van der Waals surface area contributed by atoms with Crippen LogP contribution in [0.3, 0.4) is 0 Å². The van der Waals surface area contributed by atoms with Gasteiger partial charge in [0.1, 0.15) is 12.0 Å². The zero-order valence-corrected chi connectivity index (χ0v) is 15.5. The summed E-state index contributed by atoms with van der Waals surface area (Å²) in [5.41, 5.74) is -4.51. The normalized spacial score (nSPS) is 14.0. The van der Waals surface area contributed by atoms with Crippen molar-refractivity contribution in [1.82, 2.24) is 5.06 Å². The van der Waals surface area contributed by atoms with Crippen LogP contribution in [0.15, 0.2) is 70.5 Å². The molecule has 0 aromatic heterocycles. The van der Waals surface area contributed by atoms with Crippen LogP contribution in [-0.4, -0.2) is 22.4 Å². The van der Waals surface area contributed by atoms with Crippen molar-refractivity contribution in [2.75, 3.05) is 0 Å². The predicted octanol–water partition coefficient (Wildman–Crippen LogP) is 5.69. The summed E-state index contributed by atoms with van der Waals surface area (Å²) >= 11 is 0.562. The van der Waals surface area contributed by atoms with Crippen LogP contribution in [0.2, 0.25) is 0 Å². The van der Waals surface area contributed by atoms with Crippen LogP contribution in [-0.2, 0) is 4.28 Å². The lowest BCUT2D eigenvalue weighted by molar-refractivity contribution is -0.0570. The summed E-state index contributed by atoms with van der Waals surface area (Å²) in [6.07, 6.45) is 0. The SMILES string of the molecule is O=C1c2cccc3c(Sc4ccccc4)ccc(c23)C(=O)N1OSC(F)(F)F. The molecule has 1 heterocycles. The van der Waals surface area contributed by atoms with Crippen LogP contribution in [0.25, 0.3) is 10.8 Å². The van der Waals surface area contributed by atoms with E-state index in [-0.39, 0.29) is 16.2 Å². The number of hydrogen-bond acceptors (Lipinski definition) is 5. The van der Waals surface area contributed by atoms with Crippen LogP contribution in [0.4, 0.5) is 13.2 Å². The number of carbonyl (C=O) groups excluding carboxylic acids is 2. The molecular formula is C19H10F3NO3S2. The Bertz CT molecular complexity index is 1060. The molecule has 1 aliphatic rings. The van der Waals surface area contributed by atoms with E-state index in [9.17, 15) is 22.8 Å². The second-order valence-electron chi connectivity index (χ2n) is 5.76. The lowest BCUT2D eigenvalue weighted by atomic mass is 9.95. The van der Waals surface area contributed by atoms with Crippen molar-refractivity contribution >= 4 is 46.4 Å². The summed E-state index contributed by atoms with van der Waals surface area (Å²) in [5, 5.41) is 1.24. The molecule has 0 aliphatic carbocycles. The summed E-state index contributed by atoms with van der Waals surface area (Å²) in [6.45, 7) is 0. The highest BCUT2D eigenvalue weighted by molar-refractivity contribution is 7.99. The molecule has 4 nitrogen and oxygen atoms in total. The molecule has 0 fully saturated rings. The van der Waals surface area contributed by atoms with Crippen molar-refractivity contribution < 1.29 is 27.0 Å². The Balaban J connectivity index is 1.77. The third kappa shape index (κ3) is 3.48. The maximum atomic E-state index is 12.6. The predicted molar refractivity (Wildman–Crippen MR) is 99.7 cm³/mol. The van der Waals surface area contributed by atoms with Gasteiger partial charge in [0, 0.05) is 15.2 Å². The van der Waals surface area contributed by atoms with E-state index in [1.807, 2.05) is 30.3 Å². The quantitative estimate of drug-likeness (QED) is 0.400. The first-order valence-corrected chi connectivity index (χ1v) is 9.51. The zero-order valence-electron chi connectivity index (χ0n) is 13.9. The second kappa shape index (κ2) is 7.16. The number of imide groups is 1. The van der Waals surface area contributed by atoms with Crippen molar-refractivity contribution in [3.63, 3.8) is 0 Å². The summed E-state index contributed by atoms with van der Waals surface area (Å²) in [7, 11) is 0. The molecule has 0 radical (unpaired) electrons. The number of halogens is 3. The van der Waals surface area contributed by atoms with Crippen molar-refractivity contribution in [2.24, 2.45) is 0 Å². The van der Waals surface area contributed by atoms with Crippen molar-refractivity contribution in [3.8, 4) is 0 Å². The van der Waals surface area contributed by atoms with Crippen LogP contribution < -0.4 is 0 Å². The topological polar surface area (TPSA) is 46.6 Å². The standard InChI is InChI=1S/C19H10F3NO3S2/c20-19(21,22)28-26-23-17(24)13-8-4-7-12-15(27-11-5-2-1-3-6-11)10-9-14(16(12)13)18(23)25/h1-10H. The minimum absolute atomic E-state index is 0.116. The van der Waals surface area contributed by atoms with Gasteiger partial charge < -0.3 is 0 Å². The summed E-state index contributed by atoms with van der Waals surface area (Å²) in [6, 6.07) is 17.6. The van der Waals surface area contributed by atoms with Crippen LogP contribution >= 0.6 is 23.8 Å². The molecule has 0 N–H and O–H groups in total. The molecule has 2 amide bonds. The Kier molecular flexibility index (Phi) is 4.82. The fourth-order valence-electron chi connectivity index (χ4n) is 2.90. The van der Waals surface area contributed by atoms with Gasteiger partial charge in [-0.05, 0) is 35.7 Å². The maximum Gasteiger partial charge on any atom is 0.470 e. The Hall–Kier alpha value is -2.49. The van der Waals surface area contributed by atoms with Crippen molar-refractivity contribution in [2.45, 2.75) is 15.3 Å². The number of benzene rings is 3. The Labute approximate surface area is 165 Å². The van der Waals surface area contributed by atoms with E-state index in [4.69, 9.17) is 0 Å². The van der Waals surface area contributed by atoms with E-state index in [0.717, 1.165) is 9.79 Å². The van der Waals surface area contributed by atoms with Gasteiger partial charge in [-0.15, -0.1) is 5.06 Å². The minimum Gasteiger partial charge on any atom is -0.266 e. The molecule has 0 bridgehead atoms. The molecule has 0 saturated heterocycles. The van der Waals surface area contributed by atoms with Gasteiger partial charge in [-0.25, -0.2) is 0 Å². The fraction of sp³-hybridized carbons (Fsp3) is 0.0526. The molecule has 0 atom stereocenters. The molecule has 3 aromatic rings. The fourth-order valence-corrected chi connectivity index (χ4v) is 4.16. The van der Waals surface area contributed by atoms with Gasteiger partial charge in [0.05, 0.1) is 11.1 Å². The monoisotopic (exact) mass is 421 g/mol. The maximum absolute atomic E-state index is 12.6. The molecule has 9 heteroatoms. The number of rotatable bonds is 4. The third-order valence-electron chi connectivity index (χ3n) is 4.01. The zero-order chi connectivity index (χ0) is 19.9. The van der Waals surface area contributed by atoms with E-state index < -0.39 is 29.4 Å². The molecule has 3 aromatic carbocycles. The summed E-state index contributed by atoms with van der Waals surface area (Å²) < 4.78 is 41.7. The molecular weight excluding hydrogens is 411 g/mol. The highest BCUT2D eigenvalue weighted by Crippen LogP contribution is 2.40. The van der Waals surface area contributed by atoms with Gasteiger partial charge >= 0.3 is 5.51 Å². The smallest absolute Gasteiger partial charge is 0.266 e. The van der Waals surface area contributed by atoms with Gasteiger partial charge in [0.25, 0.3) is 11.8 Å². The van der Waals surface area contributed by atoms with Crippen molar-refractivity contribution in [3.05, 3.63) is 71.8 Å². The van der Waals surface area contributed by atoms with Crippen LogP contribution in [0.5, 0.6) is 0 Å². The molecule has 0 unspecified atom stereocenters. The lowest BCUT2D eigenvalue weighted by Gasteiger charge is -2.25. The second-order valence-corrected chi connectivity index (χ2v) is 7.66. The average Bonchev–Trinajstić information content (AvgIpc) is 2.67. The van der Waals surface area contributed by atoms with E-state index >= 15 is 0 Å². The molecule has 4 rings (SSSR count). The molecule has 0 saturated carbocycles. The summed E-state index contributed by atoms with van der Waals surface area (Å²) in [5.74, 6) is -1.86. The molecule has 0 spiro atoms. The molecule has 1 aliphatic heterocycles. The number of amides is 2. The molecule has 28 heavy (non-hydrogen) atoms. The highest BCUT2D eigenvalue weighted by Gasteiger charge is 2.39. The first kappa shape index (κ1) is 18.9. The Morgan fingerprint density at radius 3 is 2.18 bits per heavy atom. The average molecular weight is 421 g/mol. The first-order chi connectivity index (χ1) is 13.3. The minimum atomic E-state index is -4.75. The number of carbonyl (C=O) groups is 2. The lowest BCUT2D eigenvalue weighted by Crippen LogP contribution is -2.39. The van der Waals surface area contributed by atoms with Gasteiger partial charge in [-0.3, -0.25) is 9.59 Å². The van der Waals surface area contributed by atoms with Gasteiger partial charge in [-0.2, -0.15) is 17.5 Å². The van der Waals surface area contributed by atoms with Gasteiger partial charge in [0.15, 0.2) is 0 Å². The van der Waals surface area contributed by atoms with E-state index in [0.29, 0.717) is 10.8 Å². The summed E-state index contributed by atoms with van der Waals surface area (Å²) in [4.78, 5) is 27.0. The third-order valence-corrected chi connectivity index (χ3v) is 5.50. The first-order valence-electron chi connectivity index (χ1n) is 7.95. The van der Waals surface area contributed by atoms with Gasteiger partial charge in [0.2, 0.25) is 0 Å². The number of nitrogens with zero attached hydrogens (tertiary/aromatic N) is 1. The molecule has 142 valence electrons. The van der Waals surface area contributed by atoms with Crippen LogP contribution in [0, 0.1) is 0 Å². The highest BCUT2D eigenvalue weighted by atomic mass is 32.2. The number of hydrogen-bond donors (Lipinski definition) is 0. The van der Waals surface area contributed by atoms with E-state index in [1.165, 1.54) is 23.9 Å². The number of alkyl halides is 3. The largest absolute Gasteiger partial charge is 0.470 e. The van der Waals surface area contributed by atoms with Gasteiger partial charge in [-0.1, -0.05) is 42.1 Å². The van der Waals surface area contributed by atoms with E-state index in [2.05, 4.69) is 4.28 Å². The van der Waals surface area contributed by atoms with Crippen molar-refractivity contribution in [1.29, 1.82) is 0 Å².